The molecule has 2 heteroatoms. The molecular weight excluding hydrogens is 226 g/mol. The fourth-order valence-corrected chi connectivity index (χ4v) is 4.00. The Morgan fingerprint density at radius 1 is 1.47 bits per heavy atom. The molecule has 0 aromatic carbocycles. The molecule has 0 spiro atoms. The van der Waals surface area contributed by atoms with Gasteiger partial charge in [-0.05, 0) is 53.1 Å². The van der Waals surface area contributed by atoms with Gasteiger partial charge in [-0.25, -0.2) is 0 Å². The van der Waals surface area contributed by atoms with Crippen LogP contribution >= 0.6 is 11.3 Å². The van der Waals surface area contributed by atoms with Gasteiger partial charge in [-0.15, -0.1) is 0 Å². The topological polar surface area (TPSA) is 12.0 Å². The molecule has 0 aliphatic heterocycles. The van der Waals surface area contributed by atoms with E-state index in [0.717, 1.165) is 12.5 Å². The maximum absolute atomic E-state index is 3.72. The summed E-state index contributed by atoms with van der Waals surface area (Å²) >= 11 is 1.82. The molecular formula is C15H25NS. The Hall–Kier alpha value is -0.340. The third kappa shape index (κ3) is 2.92. The van der Waals surface area contributed by atoms with Gasteiger partial charge in [0.15, 0.2) is 0 Å². The van der Waals surface area contributed by atoms with Gasteiger partial charge in [0.2, 0.25) is 0 Å². The Bertz CT molecular complexity index is 329. The van der Waals surface area contributed by atoms with Gasteiger partial charge in [-0.1, -0.05) is 33.6 Å². The largest absolute Gasteiger partial charge is 0.310 e. The summed E-state index contributed by atoms with van der Waals surface area (Å²) in [5.41, 5.74) is 1.98. The highest BCUT2D eigenvalue weighted by molar-refractivity contribution is 7.07. The van der Waals surface area contributed by atoms with Gasteiger partial charge in [0.25, 0.3) is 0 Å². The molecule has 0 radical (unpaired) electrons. The van der Waals surface area contributed by atoms with Crippen LogP contribution in [0.4, 0.5) is 0 Å². The predicted molar refractivity (Wildman–Crippen MR) is 76.5 cm³/mol. The summed E-state index contributed by atoms with van der Waals surface area (Å²) in [4.78, 5) is 0. The number of nitrogens with one attached hydrogen (secondary N) is 1. The van der Waals surface area contributed by atoms with Gasteiger partial charge in [-0.3, -0.25) is 0 Å². The molecule has 0 saturated heterocycles. The molecule has 1 aromatic rings. The Morgan fingerprint density at radius 2 is 2.29 bits per heavy atom. The van der Waals surface area contributed by atoms with Crippen molar-refractivity contribution in [1.82, 2.24) is 5.32 Å². The lowest BCUT2D eigenvalue weighted by Gasteiger charge is -2.43. The summed E-state index contributed by atoms with van der Waals surface area (Å²) in [7, 11) is 0. The Labute approximate surface area is 110 Å². The first-order valence-corrected chi connectivity index (χ1v) is 7.85. The summed E-state index contributed by atoms with van der Waals surface area (Å²) < 4.78 is 0. The van der Waals surface area contributed by atoms with Crippen molar-refractivity contribution >= 4 is 11.3 Å². The van der Waals surface area contributed by atoms with Crippen molar-refractivity contribution in [3.05, 3.63) is 22.4 Å². The predicted octanol–water partition coefficient (Wildman–Crippen LogP) is 4.62. The first-order chi connectivity index (χ1) is 8.15. The SMILES string of the molecule is CCNC(c1ccsc1)C1CCCCC1(C)C. The van der Waals surface area contributed by atoms with Gasteiger partial charge in [-0.2, -0.15) is 11.3 Å². The minimum Gasteiger partial charge on any atom is -0.310 e. The van der Waals surface area contributed by atoms with Gasteiger partial charge < -0.3 is 5.32 Å². The average Bonchev–Trinajstić information content (AvgIpc) is 2.79. The quantitative estimate of drug-likeness (QED) is 0.823. The second kappa shape index (κ2) is 5.53. The lowest BCUT2D eigenvalue weighted by molar-refractivity contribution is 0.0990. The fourth-order valence-electron chi connectivity index (χ4n) is 3.30. The first-order valence-electron chi connectivity index (χ1n) is 6.90. The summed E-state index contributed by atoms with van der Waals surface area (Å²) in [5, 5.41) is 8.24. The molecule has 2 rings (SSSR count). The van der Waals surface area contributed by atoms with Crippen molar-refractivity contribution < 1.29 is 0 Å². The zero-order chi connectivity index (χ0) is 12.3. The summed E-state index contributed by atoms with van der Waals surface area (Å²) in [6, 6.07) is 2.85. The van der Waals surface area contributed by atoms with Crippen molar-refractivity contribution in [2.24, 2.45) is 11.3 Å². The van der Waals surface area contributed by atoms with Crippen LogP contribution < -0.4 is 5.32 Å². The van der Waals surface area contributed by atoms with E-state index in [1.807, 2.05) is 11.3 Å². The van der Waals surface area contributed by atoms with Crippen LogP contribution in [0.15, 0.2) is 16.8 Å². The Balaban J connectivity index is 2.20. The summed E-state index contributed by atoms with van der Waals surface area (Å²) in [6.07, 6.45) is 5.57. The number of hydrogen-bond donors (Lipinski definition) is 1. The molecule has 0 amide bonds. The number of hydrogen-bond acceptors (Lipinski definition) is 2. The van der Waals surface area contributed by atoms with E-state index in [1.165, 1.54) is 31.2 Å². The zero-order valence-electron chi connectivity index (χ0n) is 11.3. The van der Waals surface area contributed by atoms with Crippen molar-refractivity contribution in [2.75, 3.05) is 6.54 Å². The van der Waals surface area contributed by atoms with Crippen LogP contribution in [-0.2, 0) is 0 Å². The molecule has 0 bridgehead atoms. The van der Waals surface area contributed by atoms with E-state index >= 15 is 0 Å². The van der Waals surface area contributed by atoms with E-state index in [4.69, 9.17) is 0 Å². The molecule has 1 nitrogen and oxygen atoms in total. The van der Waals surface area contributed by atoms with Crippen LogP contribution in [0.1, 0.15) is 58.1 Å². The monoisotopic (exact) mass is 251 g/mol. The third-order valence-electron chi connectivity index (χ3n) is 4.32. The smallest absolute Gasteiger partial charge is 0.0361 e. The maximum atomic E-state index is 3.72. The molecule has 17 heavy (non-hydrogen) atoms. The highest BCUT2D eigenvalue weighted by Gasteiger charge is 2.37. The van der Waals surface area contributed by atoms with Crippen LogP contribution in [0.3, 0.4) is 0 Å². The molecule has 2 atom stereocenters. The van der Waals surface area contributed by atoms with Crippen LogP contribution in [0.25, 0.3) is 0 Å². The minimum absolute atomic E-state index is 0.479. The van der Waals surface area contributed by atoms with Gasteiger partial charge in [0.05, 0.1) is 0 Å². The molecule has 1 aromatic heterocycles. The summed E-state index contributed by atoms with van der Waals surface area (Å²) in [6.45, 7) is 8.18. The van der Waals surface area contributed by atoms with Crippen molar-refractivity contribution in [2.45, 2.75) is 52.5 Å². The van der Waals surface area contributed by atoms with E-state index < -0.39 is 0 Å². The molecule has 2 unspecified atom stereocenters. The molecule has 1 aliphatic carbocycles. The van der Waals surface area contributed by atoms with Crippen LogP contribution in [-0.4, -0.2) is 6.54 Å². The number of thiophene rings is 1. The zero-order valence-corrected chi connectivity index (χ0v) is 12.1. The van der Waals surface area contributed by atoms with E-state index in [9.17, 15) is 0 Å². The standard InChI is InChI=1S/C15H25NS/c1-4-16-14(12-8-10-17-11-12)13-7-5-6-9-15(13,2)3/h8,10-11,13-14,16H,4-7,9H2,1-3H3. The normalized spacial score (nSPS) is 25.7. The molecule has 96 valence electrons. The minimum atomic E-state index is 0.479. The highest BCUT2D eigenvalue weighted by Crippen LogP contribution is 2.46. The van der Waals surface area contributed by atoms with Crippen LogP contribution in [0, 0.1) is 11.3 Å². The van der Waals surface area contributed by atoms with Gasteiger partial charge in [0.1, 0.15) is 0 Å². The second-order valence-corrected chi connectivity index (χ2v) is 6.71. The average molecular weight is 251 g/mol. The van der Waals surface area contributed by atoms with E-state index in [-0.39, 0.29) is 0 Å². The lowest BCUT2D eigenvalue weighted by Crippen LogP contribution is -2.38. The van der Waals surface area contributed by atoms with Crippen molar-refractivity contribution in [1.29, 1.82) is 0 Å². The highest BCUT2D eigenvalue weighted by atomic mass is 32.1. The fraction of sp³-hybridized carbons (Fsp3) is 0.733. The van der Waals surface area contributed by atoms with Crippen molar-refractivity contribution in [3.8, 4) is 0 Å². The Morgan fingerprint density at radius 3 is 2.88 bits per heavy atom. The van der Waals surface area contributed by atoms with Gasteiger partial charge >= 0.3 is 0 Å². The molecule has 1 aliphatic rings. The summed E-state index contributed by atoms with van der Waals surface area (Å²) in [5.74, 6) is 0.783. The third-order valence-corrected chi connectivity index (χ3v) is 5.02. The number of rotatable bonds is 4. The van der Waals surface area contributed by atoms with Crippen LogP contribution in [0.5, 0.6) is 0 Å². The van der Waals surface area contributed by atoms with Crippen molar-refractivity contribution in [3.63, 3.8) is 0 Å². The molecule has 1 heterocycles. The van der Waals surface area contributed by atoms with Gasteiger partial charge in [0, 0.05) is 6.04 Å². The maximum Gasteiger partial charge on any atom is 0.0361 e. The molecule has 1 saturated carbocycles. The Kier molecular flexibility index (Phi) is 4.26. The van der Waals surface area contributed by atoms with E-state index in [1.54, 1.807) is 0 Å². The second-order valence-electron chi connectivity index (χ2n) is 5.93. The molecule has 1 N–H and O–H groups in total. The molecule has 1 fully saturated rings. The first kappa shape index (κ1) is 13.1. The van der Waals surface area contributed by atoms with Crippen LogP contribution in [0.2, 0.25) is 0 Å². The van der Waals surface area contributed by atoms with E-state index in [0.29, 0.717) is 11.5 Å². The van der Waals surface area contributed by atoms with E-state index in [2.05, 4.69) is 42.9 Å². The lowest BCUT2D eigenvalue weighted by atomic mass is 9.65.